The summed E-state index contributed by atoms with van der Waals surface area (Å²) in [6.45, 7) is 6.08. The molecule has 1 atom stereocenters. The first-order valence-corrected chi connectivity index (χ1v) is 6.50. The Morgan fingerprint density at radius 2 is 2.06 bits per heavy atom. The summed E-state index contributed by atoms with van der Waals surface area (Å²) >= 11 is 6.18. The lowest BCUT2D eigenvalue weighted by atomic mass is 10.0. The second-order valence-electron chi connectivity index (χ2n) is 4.38. The fourth-order valence-corrected chi connectivity index (χ4v) is 2.68. The quantitative estimate of drug-likeness (QED) is 0.920. The van der Waals surface area contributed by atoms with Crippen LogP contribution in [0.1, 0.15) is 24.9 Å². The van der Waals surface area contributed by atoms with Crippen molar-refractivity contribution in [3.63, 3.8) is 0 Å². The summed E-state index contributed by atoms with van der Waals surface area (Å²) in [4.78, 5) is 2.37. The van der Waals surface area contributed by atoms with Crippen LogP contribution in [0.15, 0.2) is 18.2 Å². The number of hydrogen-bond acceptors (Lipinski definition) is 2. The number of benzene rings is 1. The molecule has 0 aromatic heterocycles. The molecule has 0 amide bonds. The van der Waals surface area contributed by atoms with Crippen molar-refractivity contribution in [3.05, 3.63) is 34.6 Å². The third-order valence-electron chi connectivity index (χ3n) is 3.30. The second kappa shape index (κ2) is 7.29. The van der Waals surface area contributed by atoms with Gasteiger partial charge in [0.1, 0.15) is 5.82 Å². The maximum absolute atomic E-state index is 13.3. The smallest absolute Gasteiger partial charge is 0.123 e. The molecule has 1 fully saturated rings. The standard InChI is InChI=1S/C13H18ClFN2.ClH/c1-2-13(17-7-5-16-6-8-17)11-9-10(15)3-4-12(11)14;/h3-4,9,13,16H,2,5-8H2,1H3;1H/t13-;/m0./s1. The minimum atomic E-state index is -0.210. The molecule has 102 valence electrons. The van der Waals surface area contributed by atoms with Crippen LogP contribution >= 0.6 is 24.0 Å². The molecular formula is C13H19Cl2FN2. The Balaban J connectivity index is 0.00000162. The monoisotopic (exact) mass is 292 g/mol. The fraction of sp³-hybridized carbons (Fsp3) is 0.538. The highest BCUT2D eigenvalue weighted by molar-refractivity contribution is 6.31. The lowest BCUT2D eigenvalue weighted by Crippen LogP contribution is -2.45. The zero-order valence-corrected chi connectivity index (χ0v) is 12.0. The molecule has 2 nitrogen and oxygen atoms in total. The number of nitrogens with one attached hydrogen (secondary N) is 1. The van der Waals surface area contributed by atoms with Crippen molar-refractivity contribution >= 4 is 24.0 Å². The zero-order valence-electron chi connectivity index (χ0n) is 10.5. The molecule has 5 heteroatoms. The van der Waals surface area contributed by atoms with Gasteiger partial charge in [0.15, 0.2) is 0 Å². The summed E-state index contributed by atoms with van der Waals surface area (Å²) in [5, 5.41) is 3.99. The SMILES string of the molecule is CC[C@@H](c1cc(F)ccc1Cl)N1CCNCC1.Cl. The average Bonchev–Trinajstić information content (AvgIpc) is 2.36. The molecule has 0 bridgehead atoms. The van der Waals surface area contributed by atoms with Crippen molar-refractivity contribution in [3.8, 4) is 0 Å². The predicted octanol–water partition coefficient (Wildman–Crippen LogP) is 3.26. The summed E-state index contributed by atoms with van der Waals surface area (Å²) < 4.78 is 13.3. The van der Waals surface area contributed by atoms with Crippen LogP contribution in [0.3, 0.4) is 0 Å². The Kier molecular flexibility index (Phi) is 6.36. The lowest BCUT2D eigenvalue weighted by Gasteiger charge is -2.35. The molecule has 1 aromatic carbocycles. The van der Waals surface area contributed by atoms with E-state index < -0.39 is 0 Å². The van der Waals surface area contributed by atoms with Crippen LogP contribution in [0.2, 0.25) is 5.02 Å². The van der Waals surface area contributed by atoms with Gasteiger partial charge in [0.25, 0.3) is 0 Å². The van der Waals surface area contributed by atoms with Gasteiger partial charge in [0, 0.05) is 37.2 Å². The van der Waals surface area contributed by atoms with Crippen LogP contribution in [0.4, 0.5) is 4.39 Å². The van der Waals surface area contributed by atoms with E-state index in [0.717, 1.165) is 38.2 Å². The van der Waals surface area contributed by atoms with Gasteiger partial charge in [-0.3, -0.25) is 4.90 Å². The molecule has 2 rings (SSSR count). The van der Waals surface area contributed by atoms with Gasteiger partial charge in [-0.05, 0) is 30.2 Å². The van der Waals surface area contributed by atoms with Gasteiger partial charge in [-0.2, -0.15) is 0 Å². The predicted molar refractivity (Wildman–Crippen MR) is 76.1 cm³/mol. The van der Waals surface area contributed by atoms with E-state index in [0.29, 0.717) is 5.02 Å². The van der Waals surface area contributed by atoms with E-state index in [2.05, 4.69) is 17.1 Å². The first kappa shape index (κ1) is 15.7. The van der Waals surface area contributed by atoms with Crippen molar-refractivity contribution < 1.29 is 4.39 Å². The Morgan fingerprint density at radius 3 is 2.67 bits per heavy atom. The molecule has 1 aliphatic rings. The summed E-state index contributed by atoms with van der Waals surface area (Å²) in [7, 11) is 0. The molecule has 1 saturated heterocycles. The highest BCUT2D eigenvalue weighted by Crippen LogP contribution is 2.30. The van der Waals surface area contributed by atoms with Gasteiger partial charge in [-0.15, -0.1) is 12.4 Å². The van der Waals surface area contributed by atoms with Gasteiger partial charge in [-0.25, -0.2) is 4.39 Å². The van der Waals surface area contributed by atoms with Gasteiger partial charge in [0.05, 0.1) is 0 Å². The Bertz CT molecular complexity index is 381. The molecule has 1 aromatic rings. The number of piperazine rings is 1. The first-order chi connectivity index (χ1) is 8.22. The largest absolute Gasteiger partial charge is 0.314 e. The molecule has 0 spiro atoms. The minimum Gasteiger partial charge on any atom is -0.314 e. The molecular weight excluding hydrogens is 274 g/mol. The molecule has 1 N–H and O–H groups in total. The lowest BCUT2D eigenvalue weighted by molar-refractivity contribution is 0.169. The average molecular weight is 293 g/mol. The zero-order chi connectivity index (χ0) is 12.3. The number of rotatable bonds is 3. The van der Waals surface area contributed by atoms with Gasteiger partial charge in [0.2, 0.25) is 0 Å². The van der Waals surface area contributed by atoms with Gasteiger partial charge >= 0.3 is 0 Å². The van der Waals surface area contributed by atoms with Crippen LogP contribution in [0.25, 0.3) is 0 Å². The van der Waals surface area contributed by atoms with Gasteiger partial charge in [-0.1, -0.05) is 18.5 Å². The van der Waals surface area contributed by atoms with Crippen molar-refractivity contribution in [1.29, 1.82) is 0 Å². The van der Waals surface area contributed by atoms with Crippen LogP contribution in [0, 0.1) is 5.82 Å². The topological polar surface area (TPSA) is 15.3 Å². The summed E-state index contributed by atoms with van der Waals surface area (Å²) in [5.74, 6) is -0.210. The molecule has 0 saturated carbocycles. The van der Waals surface area contributed by atoms with E-state index in [-0.39, 0.29) is 24.3 Å². The number of nitrogens with zero attached hydrogens (tertiary/aromatic N) is 1. The van der Waals surface area contributed by atoms with Crippen LogP contribution in [0.5, 0.6) is 0 Å². The number of hydrogen-bond donors (Lipinski definition) is 1. The maximum atomic E-state index is 13.3. The van der Waals surface area contributed by atoms with E-state index in [9.17, 15) is 4.39 Å². The van der Waals surface area contributed by atoms with Crippen molar-refractivity contribution in [1.82, 2.24) is 10.2 Å². The Hall–Kier alpha value is -0.350. The normalized spacial score (nSPS) is 18.2. The Labute approximate surface area is 119 Å². The highest BCUT2D eigenvalue weighted by atomic mass is 35.5. The molecule has 0 radical (unpaired) electrons. The van der Waals surface area contributed by atoms with Crippen LogP contribution in [-0.4, -0.2) is 31.1 Å². The van der Waals surface area contributed by atoms with Gasteiger partial charge < -0.3 is 5.32 Å². The van der Waals surface area contributed by atoms with E-state index >= 15 is 0 Å². The molecule has 1 aliphatic heterocycles. The fourth-order valence-electron chi connectivity index (χ4n) is 2.44. The number of halogens is 3. The third kappa shape index (κ3) is 3.58. The van der Waals surface area contributed by atoms with Crippen molar-refractivity contribution in [2.75, 3.05) is 26.2 Å². The van der Waals surface area contributed by atoms with Crippen molar-refractivity contribution in [2.45, 2.75) is 19.4 Å². The highest BCUT2D eigenvalue weighted by Gasteiger charge is 2.22. The Morgan fingerprint density at radius 1 is 1.39 bits per heavy atom. The molecule has 18 heavy (non-hydrogen) atoms. The van der Waals surface area contributed by atoms with Crippen LogP contribution < -0.4 is 5.32 Å². The van der Waals surface area contributed by atoms with E-state index in [1.165, 1.54) is 6.07 Å². The maximum Gasteiger partial charge on any atom is 0.123 e. The van der Waals surface area contributed by atoms with Crippen molar-refractivity contribution in [2.24, 2.45) is 0 Å². The van der Waals surface area contributed by atoms with E-state index in [4.69, 9.17) is 11.6 Å². The first-order valence-electron chi connectivity index (χ1n) is 6.12. The molecule has 0 aliphatic carbocycles. The summed E-state index contributed by atoms with van der Waals surface area (Å²) in [6, 6.07) is 4.85. The molecule has 1 heterocycles. The van der Waals surface area contributed by atoms with Crippen LogP contribution in [-0.2, 0) is 0 Å². The second-order valence-corrected chi connectivity index (χ2v) is 4.78. The third-order valence-corrected chi connectivity index (χ3v) is 3.64. The summed E-state index contributed by atoms with van der Waals surface area (Å²) in [6.07, 6.45) is 0.948. The summed E-state index contributed by atoms with van der Waals surface area (Å²) in [5.41, 5.74) is 0.913. The van der Waals surface area contributed by atoms with E-state index in [1.54, 1.807) is 12.1 Å². The molecule has 0 unspecified atom stereocenters. The van der Waals surface area contributed by atoms with E-state index in [1.807, 2.05) is 0 Å². The minimum absolute atomic E-state index is 0.